The topological polar surface area (TPSA) is 3.24 Å². The number of nitrogens with zero attached hydrogens (tertiary/aromatic N) is 1. The Labute approximate surface area is 101 Å². The highest BCUT2D eigenvalue weighted by molar-refractivity contribution is 9.09. The van der Waals surface area contributed by atoms with Gasteiger partial charge in [0.05, 0.1) is 5.56 Å². The van der Waals surface area contributed by atoms with Crippen LogP contribution in [0.25, 0.3) is 0 Å². The highest BCUT2D eigenvalue weighted by Crippen LogP contribution is 2.30. The zero-order valence-electron chi connectivity index (χ0n) is 8.89. The highest BCUT2D eigenvalue weighted by Gasteiger charge is 2.30. The molecule has 90 valence electrons. The first-order valence-corrected chi connectivity index (χ1v) is 6.09. The summed E-state index contributed by atoms with van der Waals surface area (Å²) in [7, 11) is 0. The van der Waals surface area contributed by atoms with Gasteiger partial charge in [-0.15, -0.1) is 0 Å². The van der Waals surface area contributed by atoms with Crippen molar-refractivity contribution >= 4 is 21.6 Å². The first kappa shape index (κ1) is 13.4. The van der Waals surface area contributed by atoms with Gasteiger partial charge in [-0.1, -0.05) is 15.9 Å². The molecule has 1 nitrogen and oxygen atoms in total. The maximum absolute atomic E-state index is 12.3. The monoisotopic (exact) mass is 295 g/mol. The van der Waals surface area contributed by atoms with Gasteiger partial charge >= 0.3 is 6.18 Å². The van der Waals surface area contributed by atoms with Crippen molar-refractivity contribution in [3.8, 4) is 0 Å². The smallest absolute Gasteiger partial charge is 0.371 e. The molecule has 1 rings (SSSR count). The first-order chi connectivity index (χ1) is 7.49. The molecule has 1 aromatic rings. The normalized spacial score (nSPS) is 11.6. The molecule has 0 aliphatic heterocycles. The van der Waals surface area contributed by atoms with Gasteiger partial charge in [0.15, 0.2) is 0 Å². The summed E-state index contributed by atoms with van der Waals surface area (Å²) in [5, 5.41) is 0.794. The summed E-state index contributed by atoms with van der Waals surface area (Å²) < 4.78 is 37.0. The Hall–Kier alpha value is -0.710. The minimum Gasteiger partial charge on any atom is -0.371 e. The zero-order chi connectivity index (χ0) is 12.2. The summed E-state index contributed by atoms with van der Waals surface area (Å²) in [6.45, 7) is 3.53. The molecule has 1 aromatic carbocycles. The molecular weight excluding hydrogens is 283 g/mol. The molecule has 5 heteroatoms. The molecule has 0 atom stereocenters. The molecule has 0 N–H and O–H groups in total. The van der Waals surface area contributed by atoms with Crippen LogP contribution in [0.3, 0.4) is 0 Å². The van der Waals surface area contributed by atoms with E-state index >= 15 is 0 Å². The van der Waals surface area contributed by atoms with Crippen molar-refractivity contribution in [2.45, 2.75) is 13.1 Å². The van der Waals surface area contributed by atoms with Crippen LogP contribution < -0.4 is 4.90 Å². The molecule has 0 unspecified atom stereocenters. The number of rotatable bonds is 4. The first-order valence-electron chi connectivity index (χ1n) is 4.97. The van der Waals surface area contributed by atoms with Gasteiger partial charge in [-0.25, -0.2) is 0 Å². The average Bonchev–Trinajstić information content (AvgIpc) is 2.25. The van der Waals surface area contributed by atoms with Crippen molar-refractivity contribution in [2.75, 3.05) is 23.3 Å². The van der Waals surface area contributed by atoms with Gasteiger partial charge in [-0.2, -0.15) is 13.2 Å². The van der Waals surface area contributed by atoms with Gasteiger partial charge in [-0.05, 0) is 31.2 Å². The van der Waals surface area contributed by atoms with E-state index < -0.39 is 11.7 Å². The van der Waals surface area contributed by atoms with Crippen LogP contribution in [0.2, 0.25) is 0 Å². The summed E-state index contributed by atoms with van der Waals surface area (Å²) in [5.74, 6) is 0. The van der Waals surface area contributed by atoms with Crippen molar-refractivity contribution < 1.29 is 13.2 Å². The van der Waals surface area contributed by atoms with Crippen molar-refractivity contribution in [3.05, 3.63) is 29.8 Å². The van der Waals surface area contributed by atoms with E-state index in [1.165, 1.54) is 12.1 Å². The van der Waals surface area contributed by atoms with Crippen molar-refractivity contribution in [2.24, 2.45) is 0 Å². The number of halogens is 4. The second-order valence-corrected chi connectivity index (χ2v) is 4.11. The minimum absolute atomic E-state index is 0.605. The van der Waals surface area contributed by atoms with E-state index in [4.69, 9.17) is 0 Å². The van der Waals surface area contributed by atoms with Crippen LogP contribution in [0.5, 0.6) is 0 Å². The molecule has 0 aromatic heterocycles. The molecule has 0 aliphatic carbocycles. The van der Waals surface area contributed by atoms with Gasteiger partial charge in [0.2, 0.25) is 0 Å². The van der Waals surface area contributed by atoms with Gasteiger partial charge in [0, 0.05) is 24.1 Å². The van der Waals surface area contributed by atoms with Crippen molar-refractivity contribution in [1.82, 2.24) is 0 Å². The second-order valence-electron chi connectivity index (χ2n) is 3.31. The lowest BCUT2D eigenvalue weighted by Crippen LogP contribution is -2.24. The summed E-state index contributed by atoms with van der Waals surface area (Å²) in [4.78, 5) is 2.01. The van der Waals surface area contributed by atoms with Crippen LogP contribution in [0.15, 0.2) is 24.3 Å². The molecule has 16 heavy (non-hydrogen) atoms. The molecule has 0 aliphatic rings. The van der Waals surface area contributed by atoms with Crippen molar-refractivity contribution in [1.29, 1.82) is 0 Å². The van der Waals surface area contributed by atoms with Gasteiger partial charge in [-0.3, -0.25) is 0 Å². The lowest BCUT2D eigenvalue weighted by Gasteiger charge is -2.22. The quantitative estimate of drug-likeness (QED) is 0.761. The van der Waals surface area contributed by atoms with Crippen LogP contribution >= 0.6 is 15.9 Å². The Bertz CT molecular complexity index is 321. The molecule has 0 amide bonds. The Morgan fingerprint density at radius 1 is 1.19 bits per heavy atom. The fourth-order valence-electron chi connectivity index (χ4n) is 1.43. The summed E-state index contributed by atoms with van der Waals surface area (Å²) >= 11 is 3.31. The Morgan fingerprint density at radius 2 is 1.75 bits per heavy atom. The second kappa shape index (κ2) is 5.57. The van der Waals surface area contributed by atoms with E-state index in [0.717, 1.165) is 36.2 Å². The number of hydrogen-bond donors (Lipinski definition) is 0. The molecule has 0 spiro atoms. The molecule has 0 fully saturated rings. The molecule has 0 radical (unpaired) electrons. The van der Waals surface area contributed by atoms with Crippen LogP contribution in [0, 0.1) is 0 Å². The largest absolute Gasteiger partial charge is 0.416 e. The SMILES string of the molecule is CCN(CCBr)c1ccc(C(F)(F)F)cc1. The van der Waals surface area contributed by atoms with E-state index in [9.17, 15) is 13.2 Å². The summed E-state index contributed by atoms with van der Waals surface area (Å²) in [5.41, 5.74) is 0.209. The fraction of sp³-hybridized carbons (Fsp3) is 0.455. The van der Waals surface area contributed by atoms with Crippen LogP contribution in [-0.4, -0.2) is 18.4 Å². The van der Waals surface area contributed by atoms with Crippen molar-refractivity contribution in [3.63, 3.8) is 0 Å². The minimum atomic E-state index is -4.26. The Balaban J connectivity index is 2.85. The number of benzene rings is 1. The van der Waals surface area contributed by atoms with Gasteiger partial charge < -0.3 is 4.90 Å². The van der Waals surface area contributed by atoms with E-state index in [2.05, 4.69) is 15.9 Å². The summed E-state index contributed by atoms with van der Waals surface area (Å²) in [6.07, 6.45) is -4.26. The molecule has 0 bridgehead atoms. The highest BCUT2D eigenvalue weighted by atomic mass is 79.9. The van der Waals surface area contributed by atoms with Crippen LogP contribution in [-0.2, 0) is 6.18 Å². The maximum Gasteiger partial charge on any atom is 0.416 e. The fourth-order valence-corrected chi connectivity index (χ4v) is 1.86. The average molecular weight is 296 g/mol. The molecule has 0 saturated carbocycles. The predicted molar refractivity (Wildman–Crippen MR) is 63.1 cm³/mol. The van der Waals surface area contributed by atoms with E-state index in [-0.39, 0.29) is 0 Å². The number of alkyl halides is 4. The molecular formula is C11H13BrF3N. The van der Waals surface area contributed by atoms with Crippen LogP contribution in [0.1, 0.15) is 12.5 Å². The lowest BCUT2D eigenvalue weighted by molar-refractivity contribution is -0.137. The predicted octanol–water partition coefficient (Wildman–Crippen LogP) is 3.93. The lowest BCUT2D eigenvalue weighted by atomic mass is 10.2. The third kappa shape index (κ3) is 3.40. The van der Waals surface area contributed by atoms with Crippen LogP contribution in [0.4, 0.5) is 18.9 Å². The standard InChI is InChI=1S/C11H13BrF3N/c1-2-16(8-7-12)10-5-3-9(4-6-10)11(13,14)15/h3-6H,2,7-8H2,1H3. The maximum atomic E-state index is 12.3. The zero-order valence-corrected chi connectivity index (χ0v) is 10.5. The van der Waals surface area contributed by atoms with E-state index in [1.807, 2.05) is 11.8 Å². The van der Waals surface area contributed by atoms with Gasteiger partial charge in [0.1, 0.15) is 0 Å². The Morgan fingerprint density at radius 3 is 2.12 bits per heavy atom. The Kier molecular flexibility index (Phi) is 4.65. The third-order valence-electron chi connectivity index (χ3n) is 2.30. The number of hydrogen-bond acceptors (Lipinski definition) is 1. The van der Waals surface area contributed by atoms with Gasteiger partial charge in [0.25, 0.3) is 0 Å². The number of anilines is 1. The third-order valence-corrected chi connectivity index (χ3v) is 2.65. The molecule has 0 saturated heterocycles. The molecule has 0 heterocycles. The van der Waals surface area contributed by atoms with E-state index in [0.29, 0.717) is 0 Å². The van der Waals surface area contributed by atoms with E-state index in [1.54, 1.807) is 0 Å². The summed E-state index contributed by atoms with van der Waals surface area (Å²) in [6, 6.07) is 5.25.